The summed E-state index contributed by atoms with van der Waals surface area (Å²) in [4.78, 5) is 24.2. The molecule has 0 saturated carbocycles. The summed E-state index contributed by atoms with van der Waals surface area (Å²) >= 11 is 1.66. The van der Waals surface area contributed by atoms with E-state index in [2.05, 4.69) is 35.6 Å². The molecule has 0 atom stereocenters. The Kier molecular flexibility index (Phi) is 6.49. The molecule has 0 amide bonds. The zero-order valence-corrected chi connectivity index (χ0v) is 14.2. The smallest absolute Gasteiger partial charge is 0.354 e. The van der Waals surface area contributed by atoms with Crippen molar-refractivity contribution >= 4 is 29.4 Å². The van der Waals surface area contributed by atoms with Crippen LogP contribution >= 0.6 is 11.8 Å². The Morgan fingerprint density at radius 2 is 1.77 bits per heavy atom. The van der Waals surface area contributed by atoms with Gasteiger partial charge in [0.2, 0.25) is 0 Å². The van der Waals surface area contributed by atoms with E-state index >= 15 is 0 Å². The van der Waals surface area contributed by atoms with Gasteiger partial charge in [-0.05, 0) is 12.1 Å². The molecule has 0 aliphatic heterocycles. The van der Waals surface area contributed by atoms with Gasteiger partial charge in [-0.1, -0.05) is 32.9 Å². The fourth-order valence-corrected chi connectivity index (χ4v) is 2.60. The molecule has 120 valence electrons. The van der Waals surface area contributed by atoms with Crippen molar-refractivity contribution in [2.75, 3.05) is 19.5 Å². The second-order valence-corrected chi connectivity index (χ2v) is 7.28. The Bertz CT molecular complexity index is 576. The van der Waals surface area contributed by atoms with Crippen molar-refractivity contribution in [2.45, 2.75) is 30.4 Å². The normalized spacial score (nSPS) is 11.8. The average molecular weight is 323 g/mol. The molecule has 0 radical (unpaired) electrons. The quantitative estimate of drug-likeness (QED) is 0.510. The number of ether oxygens (including phenoxy) is 2. The summed E-state index contributed by atoms with van der Waals surface area (Å²) in [6, 6.07) is 7.55. The maximum Gasteiger partial charge on any atom is 0.354 e. The van der Waals surface area contributed by atoms with Crippen LogP contribution in [0.4, 0.5) is 5.69 Å². The molecular weight excluding hydrogens is 302 g/mol. The Morgan fingerprint density at radius 3 is 2.32 bits per heavy atom. The summed E-state index contributed by atoms with van der Waals surface area (Å²) in [7, 11) is 2.50. The van der Waals surface area contributed by atoms with Gasteiger partial charge < -0.3 is 14.8 Å². The molecule has 0 heterocycles. The van der Waals surface area contributed by atoms with E-state index in [1.807, 2.05) is 24.3 Å². The second kappa shape index (κ2) is 7.89. The monoisotopic (exact) mass is 323 g/mol. The van der Waals surface area contributed by atoms with Crippen molar-refractivity contribution in [3.05, 3.63) is 36.0 Å². The first-order valence-electron chi connectivity index (χ1n) is 6.70. The second-order valence-electron chi connectivity index (χ2n) is 5.41. The van der Waals surface area contributed by atoms with Crippen molar-refractivity contribution in [3.8, 4) is 0 Å². The average Bonchev–Trinajstić information content (AvgIpc) is 2.45. The zero-order valence-electron chi connectivity index (χ0n) is 13.4. The van der Waals surface area contributed by atoms with Gasteiger partial charge in [0.25, 0.3) is 0 Å². The Hall–Kier alpha value is -1.95. The van der Waals surface area contributed by atoms with E-state index in [1.54, 1.807) is 11.8 Å². The van der Waals surface area contributed by atoms with E-state index in [9.17, 15) is 9.59 Å². The SMILES string of the molecule is COC(=O)/C=C(/Nc1ccccc1SC(C)(C)C)C(=O)OC. The number of thioether (sulfide) groups is 1. The van der Waals surface area contributed by atoms with Gasteiger partial charge in [-0.2, -0.15) is 0 Å². The predicted molar refractivity (Wildman–Crippen MR) is 87.8 cm³/mol. The van der Waals surface area contributed by atoms with Crippen LogP contribution < -0.4 is 5.32 Å². The molecule has 0 aromatic heterocycles. The summed E-state index contributed by atoms with van der Waals surface area (Å²) < 4.78 is 9.25. The molecule has 0 bridgehead atoms. The van der Waals surface area contributed by atoms with Crippen LogP contribution in [0.5, 0.6) is 0 Å². The van der Waals surface area contributed by atoms with Crippen molar-refractivity contribution in [2.24, 2.45) is 0 Å². The lowest BCUT2D eigenvalue weighted by molar-refractivity contribution is -0.138. The van der Waals surface area contributed by atoms with E-state index < -0.39 is 11.9 Å². The van der Waals surface area contributed by atoms with Crippen LogP contribution in [0.15, 0.2) is 40.9 Å². The minimum absolute atomic E-state index is 0.00920. The lowest BCUT2D eigenvalue weighted by Gasteiger charge is -2.20. The summed E-state index contributed by atoms with van der Waals surface area (Å²) in [6.07, 6.45) is 1.07. The summed E-state index contributed by atoms with van der Waals surface area (Å²) in [5, 5.41) is 2.95. The standard InChI is InChI=1S/C16H21NO4S/c1-16(2,3)22-13-9-7-6-8-11(13)17-12(15(19)21-5)10-14(18)20-4/h6-10,17H,1-5H3/b12-10+. The van der Waals surface area contributed by atoms with Gasteiger partial charge in [0.15, 0.2) is 0 Å². The van der Waals surface area contributed by atoms with Gasteiger partial charge in [-0.3, -0.25) is 0 Å². The number of para-hydroxylation sites is 1. The maximum atomic E-state index is 11.8. The van der Waals surface area contributed by atoms with Crippen LogP contribution in [-0.2, 0) is 19.1 Å². The third-order valence-corrected chi connectivity index (χ3v) is 3.63. The van der Waals surface area contributed by atoms with Crippen LogP contribution in [0.2, 0.25) is 0 Å². The first-order valence-corrected chi connectivity index (χ1v) is 7.51. The van der Waals surface area contributed by atoms with Crippen LogP contribution in [0.1, 0.15) is 20.8 Å². The number of hydrogen-bond donors (Lipinski definition) is 1. The largest absolute Gasteiger partial charge is 0.466 e. The van der Waals surface area contributed by atoms with Gasteiger partial charge in [0, 0.05) is 9.64 Å². The molecule has 0 fully saturated rings. The highest BCUT2D eigenvalue weighted by atomic mass is 32.2. The Labute approximate surface area is 135 Å². The molecule has 0 aliphatic rings. The first kappa shape index (κ1) is 18.1. The van der Waals surface area contributed by atoms with Gasteiger partial charge in [-0.15, -0.1) is 11.8 Å². The molecule has 5 nitrogen and oxygen atoms in total. The van der Waals surface area contributed by atoms with Crippen molar-refractivity contribution in [1.29, 1.82) is 0 Å². The number of carbonyl (C=O) groups excluding carboxylic acids is 2. The maximum absolute atomic E-state index is 11.8. The molecule has 1 rings (SSSR count). The van der Waals surface area contributed by atoms with Crippen molar-refractivity contribution in [1.82, 2.24) is 0 Å². The lowest BCUT2D eigenvalue weighted by Crippen LogP contribution is -2.16. The Balaban J connectivity index is 3.11. The van der Waals surface area contributed by atoms with Crippen LogP contribution in [0.3, 0.4) is 0 Å². The first-order chi connectivity index (χ1) is 10.3. The third-order valence-electron chi connectivity index (χ3n) is 2.44. The summed E-state index contributed by atoms with van der Waals surface area (Å²) in [5.41, 5.74) is 0.749. The number of methoxy groups -OCH3 is 2. The minimum atomic E-state index is -0.638. The zero-order chi connectivity index (χ0) is 16.8. The van der Waals surface area contributed by atoms with E-state index in [0.29, 0.717) is 0 Å². The number of anilines is 1. The Morgan fingerprint density at radius 1 is 1.14 bits per heavy atom. The molecule has 0 aliphatic carbocycles. The molecule has 6 heteroatoms. The molecule has 1 aromatic rings. The predicted octanol–water partition coefficient (Wildman–Crippen LogP) is 3.22. The molecule has 22 heavy (non-hydrogen) atoms. The van der Waals surface area contributed by atoms with E-state index in [-0.39, 0.29) is 10.4 Å². The van der Waals surface area contributed by atoms with Gasteiger partial charge in [-0.25, -0.2) is 9.59 Å². The van der Waals surface area contributed by atoms with Crippen LogP contribution in [0, 0.1) is 0 Å². The van der Waals surface area contributed by atoms with E-state index in [1.165, 1.54) is 14.2 Å². The molecular formula is C16H21NO4S. The number of rotatable bonds is 5. The van der Waals surface area contributed by atoms with Gasteiger partial charge in [0.05, 0.1) is 26.0 Å². The van der Waals surface area contributed by atoms with Crippen LogP contribution in [-0.4, -0.2) is 30.9 Å². The van der Waals surface area contributed by atoms with Gasteiger partial charge >= 0.3 is 11.9 Å². The topological polar surface area (TPSA) is 64.6 Å². The highest BCUT2D eigenvalue weighted by Gasteiger charge is 2.18. The molecule has 0 unspecified atom stereocenters. The highest BCUT2D eigenvalue weighted by Crippen LogP contribution is 2.36. The fourth-order valence-electron chi connectivity index (χ4n) is 1.57. The third kappa shape index (κ3) is 5.81. The summed E-state index contributed by atoms with van der Waals surface area (Å²) in [6.45, 7) is 6.29. The van der Waals surface area contributed by atoms with E-state index in [0.717, 1.165) is 16.7 Å². The number of esters is 2. The number of hydrogen-bond acceptors (Lipinski definition) is 6. The molecule has 0 spiro atoms. The van der Waals surface area contributed by atoms with Crippen LogP contribution in [0.25, 0.3) is 0 Å². The number of nitrogens with one attached hydrogen (secondary N) is 1. The number of benzene rings is 1. The summed E-state index contributed by atoms with van der Waals surface area (Å²) in [5.74, 6) is -1.27. The fraction of sp³-hybridized carbons (Fsp3) is 0.375. The molecule has 1 aromatic carbocycles. The van der Waals surface area contributed by atoms with Crippen molar-refractivity contribution in [3.63, 3.8) is 0 Å². The minimum Gasteiger partial charge on any atom is -0.466 e. The lowest BCUT2D eigenvalue weighted by atomic mass is 10.2. The highest BCUT2D eigenvalue weighted by molar-refractivity contribution is 8.00. The van der Waals surface area contributed by atoms with Crippen molar-refractivity contribution < 1.29 is 19.1 Å². The van der Waals surface area contributed by atoms with Gasteiger partial charge in [0.1, 0.15) is 5.70 Å². The molecule has 1 N–H and O–H groups in total. The number of carbonyl (C=O) groups is 2. The van der Waals surface area contributed by atoms with E-state index in [4.69, 9.17) is 0 Å². The molecule has 0 saturated heterocycles.